The minimum absolute atomic E-state index is 0.206. The highest BCUT2D eigenvalue weighted by Crippen LogP contribution is 2.24. The van der Waals surface area contributed by atoms with Crippen LogP contribution in [0.5, 0.6) is 5.75 Å². The number of carbonyl (C=O) groups is 1. The van der Waals surface area contributed by atoms with Crippen LogP contribution in [0.3, 0.4) is 0 Å². The Morgan fingerprint density at radius 3 is 2.67 bits per heavy atom. The van der Waals surface area contributed by atoms with Gasteiger partial charge >= 0.3 is 0 Å². The van der Waals surface area contributed by atoms with Crippen molar-refractivity contribution in [3.8, 4) is 5.75 Å². The maximum atomic E-state index is 10.8. The fourth-order valence-electron chi connectivity index (χ4n) is 2.05. The summed E-state index contributed by atoms with van der Waals surface area (Å²) in [6, 6.07) is 17.2. The molecule has 0 bridgehead atoms. The third-order valence-corrected chi connectivity index (χ3v) is 3.45. The normalized spacial score (nSPS) is 10.5. The maximum absolute atomic E-state index is 10.8. The fraction of sp³-hybridized carbons (Fsp3) is 0.0588. The van der Waals surface area contributed by atoms with Crippen molar-refractivity contribution in [2.75, 3.05) is 0 Å². The van der Waals surface area contributed by atoms with E-state index >= 15 is 0 Å². The van der Waals surface area contributed by atoms with Crippen LogP contribution >= 0.6 is 11.6 Å². The smallest absolute Gasteiger partial charge is 0.153 e. The van der Waals surface area contributed by atoms with E-state index in [-0.39, 0.29) is 5.15 Å². The monoisotopic (exact) mass is 297 g/mol. The molecule has 0 aliphatic heterocycles. The summed E-state index contributed by atoms with van der Waals surface area (Å²) in [4.78, 5) is 15.1. The second-order valence-corrected chi connectivity index (χ2v) is 4.97. The number of carbonyl (C=O) groups excluding carboxylic acids is 1. The van der Waals surface area contributed by atoms with Gasteiger partial charge < -0.3 is 4.74 Å². The molecule has 0 aliphatic rings. The molecule has 1 heterocycles. The lowest BCUT2D eigenvalue weighted by Gasteiger charge is -2.08. The van der Waals surface area contributed by atoms with Crippen molar-refractivity contribution in [1.82, 2.24) is 4.98 Å². The Morgan fingerprint density at radius 2 is 1.90 bits per heavy atom. The van der Waals surface area contributed by atoms with E-state index < -0.39 is 0 Å². The number of halogens is 1. The molecular formula is C17H12ClNO2. The van der Waals surface area contributed by atoms with Gasteiger partial charge in [0.2, 0.25) is 0 Å². The average Bonchev–Trinajstić information content (AvgIpc) is 2.53. The SMILES string of the molecule is O=Cc1cc2ccc(OCc3ccccc3)cc2nc1Cl. The summed E-state index contributed by atoms with van der Waals surface area (Å²) >= 11 is 5.95. The van der Waals surface area contributed by atoms with Crippen molar-refractivity contribution >= 4 is 28.8 Å². The van der Waals surface area contributed by atoms with E-state index in [1.165, 1.54) is 0 Å². The number of hydrogen-bond acceptors (Lipinski definition) is 3. The summed E-state index contributed by atoms with van der Waals surface area (Å²) in [5.74, 6) is 0.716. The maximum Gasteiger partial charge on any atom is 0.153 e. The third kappa shape index (κ3) is 3.03. The van der Waals surface area contributed by atoms with E-state index in [0.717, 1.165) is 10.9 Å². The predicted octanol–water partition coefficient (Wildman–Crippen LogP) is 4.28. The largest absolute Gasteiger partial charge is 0.489 e. The van der Waals surface area contributed by atoms with Gasteiger partial charge in [0, 0.05) is 11.5 Å². The van der Waals surface area contributed by atoms with Crippen molar-refractivity contribution in [2.45, 2.75) is 6.61 Å². The molecule has 3 nitrogen and oxygen atoms in total. The van der Waals surface area contributed by atoms with Crippen molar-refractivity contribution in [3.05, 3.63) is 70.9 Å². The molecule has 0 radical (unpaired) electrons. The summed E-state index contributed by atoms with van der Waals surface area (Å²) < 4.78 is 5.74. The molecule has 0 amide bonds. The molecule has 0 saturated carbocycles. The van der Waals surface area contributed by atoms with Gasteiger partial charge in [0.05, 0.1) is 11.1 Å². The molecule has 3 rings (SSSR count). The van der Waals surface area contributed by atoms with E-state index in [1.807, 2.05) is 48.5 Å². The van der Waals surface area contributed by atoms with Crippen LogP contribution in [0.1, 0.15) is 15.9 Å². The summed E-state index contributed by atoms with van der Waals surface area (Å²) in [5, 5.41) is 1.06. The third-order valence-electron chi connectivity index (χ3n) is 3.15. The first-order valence-electron chi connectivity index (χ1n) is 6.48. The van der Waals surface area contributed by atoms with Crippen LogP contribution in [-0.2, 0) is 6.61 Å². The van der Waals surface area contributed by atoms with Crippen LogP contribution in [0.4, 0.5) is 0 Å². The first-order chi connectivity index (χ1) is 10.3. The Kier molecular flexibility index (Phi) is 3.84. The lowest BCUT2D eigenvalue weighted by atomic mass is 10.1. The molecule has 0 fully saturated rings. The number of fused-ring (bicyclic) bond motifs is 1. The van der Waals surface area contributed by atoms with Gasteiger partial charge in [-0.1, -0.05) is 41.9 Å². The van der Waals surface area contributed by atoms with Gasteiger partial charge in [-0.3, -0.25) is 4.79 Å². The Morgan fingerprint density at radius 1 is 1.10 bits per heavy atom. The summed E-state index contributed by atoms with van der Waals surface area (Å²) in [6.07, 6.45) is 0.703. The van der Waals surface area contributed by atoms with Crippen molar-refractivity contribution < 1.29 is 9.53 Å². The van der Waals surface area contributed by atoms with Gasteiger partial charge in [-0.05, 0) is 23.8 Å². The lowest BCUT2D eigenvalue weighted by Crippen LogP contribution is -1.95. The number of pyridine rings is 1. The zero-order valence-electron chi connectivity index (χ0n) is 11.1. The average molecular weight is 298 g/mol. The zero-order valence-corrected chi connectivity index (χ0v) is 11.9. The first-order valence-corrected chi connectivity index (χ1v) is 6.86. The first kappa shape index (κ1) is 13.6. The lowest BCUT2D eigenvalue weighted by molar-refractivity contribution is 0.112. The van der Waals surface area contributed by atoms with Crippen LogP contribution < -0.4 is 4.74 Å². The van der Waals surface area contributed by atoms with E-state index in [1.54, 1.807) is 6.07 Å². The van der Waals surface area contributed by atoms with Gasteiger partial charge in [0.25, 0.3) is 0 Å². The second-order valence-electron chi connectivity index (χ2n) is 4.62. The number of benzene rings is 2. The van der Waals surface area contributed by atoms with Crippen LogP contribution in [0.25, 0.3) is 10.9 Å². The molecule has 1 aromatic heterocycles. The fourth-order valence-corrected chi connectivity index (χ4v) is 2.24. The van der Waals surface area contributed by atoms with Crippen LogP contribution in [0.15, 0.2) is 54.6 Å². The summed E-state index contributed by atoms with van der Waals surface area (Å²) in [6.45, 7) is 0.493. The highest BCUT2D eigenvalue weighted by molar-refractivity contribution is 6.32. The zero-order chi connectivity index (χ0) is 14.7. The van der Waals surface area contributed by atoms with E-state index in [4.69, 9.17) is 16.3 Å². The molecule has 2 aromatic carbocycles. The Balaban J connectivity index is 1.85. The molecule has 0 unspecified atom stereocenters. The molecule has 4 heteroatoms. The number of aldehydes is 1. The Bertz CT molecular complexity index is 787. The molecule has 0 spiro atoms. The van der Waals surface area contributed by atoms with Crippen LogP contribution in [0, 0.1) is 0 Å². The van der Waals surface area contributed by atoms with Crippen LogP contribution in [-0.4, -0.2) is 11.3 Å². The Hall–Kier alpha value is -2.39. The van der Waals surface area contributed by atoms with Gasteiger partial charge in [-0.15, -0.1) is 0 Å². The van der Waals surface area contributed by atoms with Gasteiger partial charge in [-0.2, -0.15) is 0 Å². The Labute approximate surface area is 127 Å². The molecule has 0 N–H and O–H groups in total. The van der Waals surface area contributed by atoms with E-state index in [9.17, 15) is 4.79 Å². The summed E-state index contributed by atoms with van der Waals surface area (Å²) in [5.41, 5.74) is 2.19. The molecule has 3 aromatic rings. The van der Waals surface area contributed by atoms with Crippen LogP contribution in [0.2, 0.25) is 5.15 Å². The number of rotatable bonds is 4. The molecule has 0 atom stereocenters. The standard InChI is InChI=1S/C17H12ClNO2/c18-17-14(10-20)8-13-6-7-15(9-16(13)19-17)21-11-12-4-2-1-3-5-12/h1-10H,11H2. The number of ether oxygens (including phenoxy) is 1. The van der Waals surface area contributed by atoms with Gasteiger partial charge in [0.15, 0.2) is 6.29 Å². The number of nitrogens with zero attached hydrogens (tertiary/aromatic N) is 1. The molecule has 21 heavy (non-hydrogen) atoms. The highest BCUT2D eigenvalue weighted by atomic mass is 35.5. The minimum atomic E-state index is 0.206. The van der Waals surface area contributed by atoms with E-state index in [0.29, 0.717) is 29.7 Å². The number of aromatic nitrogens is 1. The summed E-state index contributed by atoms with van der Waals surface area (Å²) in [7, 11) is 0. The highest BCUT2D eigenvalue weighted by Gasteiger charge is 2.05. The minimum Gasteiger partial charge on any atom is -0.489 e. The van der Waals surface area contributed by atoms with Crippen molar-refractivity contribution in [2.24, 2.45) is 0 Å². The van der Waals surface area contributed by atoms with Gasteiger partial charge in [-0.25, -0.2) is 4.98 Å². The van der Waals surface area contributed by atoms with Crippen molar-refractivity contribution in [3.63, 3.8) is 0 Å². The molecule has 0 aliphatic carbocycles. The quantitative estimate of drug-likeness (QED) is 0.533. The predicted molar refractivity (Wildman–Crippen MR) is 82.9 cm³/mol. The van der Waals surface area contributed by atoms with E-state index in [2.05, 4.69) is 4.98 Å². The molecule has 104 valence electrons. The second kappa shape index (κ2) is 5.94. The van der Waals surface area contributed by atoms with Crippen molar-refractivity contribution in [1.29, 1.82) is 0 Å². The number of hydrogen-bond donors (Lipinski definition) is 0. The van der Waals surface area contributed by atoms with Gasteiger partial charge in [0.1, 0.15) is 17.5 Å². The molecule has 0 saturated heterocycles. The molecular weight excluding hydrogens is 286 g/mol. The topological polar surface area (TPSA) is 39.2 Å².